The highest BCUT2D eigenvalue weighted by Crippen LogP contribution is 2.28. The van der Waals surface area contributed by atoms with Crippen LogP contribution in [0.5, 0.6) is 0 Å². The molecule has 2 heterocycles. The molecule has 1 atom stereocenters. The summed E-state index contributed by atoms with van der Waals surface area (Å²) < 4.78 is 14.0. The van der Waals surface area contributed by atoms with E-state index in [1.165, 1.54) is 23.5 Å². The second kappa shape index (κ2) is 4.33. The van der Waals surface area contributed by atoms with Gasteiger partial charge in [0.15, 0.2) is 0 Å². The van der Waals surface area contributed by atoms with E-state index in [1.54, 1.807) is 17.0 Å². The number of amides is 1. The third-order valence-corrected chi connectivity index (χ3v) is 4.24. The number of carbonyl (C=O) groups is 1. The first-order chi connectivity index (χ1) is 8.63. The van der Waals surface area contributed by atoms with Gasteiger partial charge in [-0.1, -0.05) is 0 Å². The van der Waals surface area contributed by atoms with E-state index in [0.29, 0.717) is 24.4 Å². The Morgan fingerprint density at radius 1 is 1.44 bits per heavy atom. The number of β-amino-alcohol motifs (C(OH)–C–C–N with tert-alkyl or cyclic N) is 1. The average molecular weight is 265 g/mol. The Kier molecular flexibility index (Phi) is 2.80. The third kappa shape index (κ3) is 2.00. The number of nitrogens with zero attached hydrogens (tertiary/aromatic N) is 1. The van der Waals surface area contributed by atoms with Gasteiger partial charge < -0.3 is 10.0 Å². The third-order valence-electron chi connectivity index (χ3n) is 3.14. The summed E-state index contributed by atoms with van der Waals surface area (Å²) in [6.45, 7) is 0.976. The maximum absolute atomic E-state index is 13.1. The number of hydrogen-bond donors (Lipinski definition) is 1. The summed E-state index contributed by atoms with van der Waals surface area (Å²) in [6, 6.07) is 6.23. The van der Waals surface area contributed by atoms with Crippen molar-refractivity contribution in [2.75, 3.05) is 13.1 Å². The van der Waals surface area contributed by atoms with Gasteiger partial charge in [-0.25, -0.2) is 4.39 Å². The monoisotopic (exact) mass is 265 g/mol. The Morgan fingerprint density at radius 2 is 2.28 bits per heavy atom. The summed E-state index contributed by atoms with van der Waals surface area (Å²) in [6.07, 6.45) is 0.214. The minimum atomic E-state index is -0.416. The maximum atomic E-state index is 13.1. The number of carbonyl (C=O) groups excluding carboxylic acids is 1. The molecule has 5 heteroatoms. The SMILES string of the molecule is O=C(c1cc2cc(F)ccc2s1)N1CC[C@@H](O)C1. The Hall–Kier alpha value is -1.46. The Labute approximate surface area is 107 Å². The fraction of sp³-hybridized carbons (Fsp3) is 0.308. The van der Waals surface area contributed by atoms with Crippen LogP contribution in [0.2, 0.25) is 0 Å². The van der Waals surface area contributed by atoms with Gasteiger partial charge in [-0.15, -0.1) is 11.3 Å². The van der Waals surface area contributed by atoms with Gasteiger partial charge in [-0.3, -0.25) is 4.79 Å². The van der Waals surface area contributed by atoms with Gasteiger partial charge in [-0.05, 0) is 36.1 Å². The number of fused-ring (bicyclic) bond motifs is 1. The number of aliphatic hydroxyl groups excluding tert-OH is 1. The lowest BCUT2D eigenvalue weighted by atomic mass is 10.2. The zero-order valence-corrected chi connectivity index (χ0v) is 10.4. The van der Waals surface area contributed by atoms with Gasteiger partial charge in [0.1, 0.15) is 5.82 Å². The predicted octanol–water partition coefficient (Wildman–Crippen LogP) is 2.25. The normalized spacial score (nSPS) is 19.7. The number of hydrogen-bond acceptors (Lipinski definition) is 3. The van der Waals surface area contributed by atoms with E-state index in [-0.39, 0.29) is 11.7 Å². The van der Waals surface area contributed by atoms with Crippen LogP contribution in [0.1, 0.15) is 16.1 Å². The molecule has 1 aromatic carbocycles. The predicted molar refractivity (Wildman–Crippen MR) is 68.3 cm³/mol. The molecule has 3 rings (SSSR count). The highest BCUT2D eigenvalue weighted by molar-refractivity contribution is 7.20. The summed E-state index contributed by atoms with van der Waals surface area (Å²) >= 11 is 1.36. The molecule has 0 aliphatic carbocycles. The molecule has 1 fully saturated rings. The lowest BCUT2D eigenvalue weighted by molar-refractivity contribution is 0.0770. The van der Waals surface area contributed by atoms with Crippen molar-refractivity contribution in [1.82, 2.24) is 4.90 Å². The summed E-state index contributed by atoms with van der Waals surface area (Å²) in [7, 11) is 0. The molecule has 1 saturated heterocycles. The summed E-state index contributed by atoms with van der Waals surface area (Å²) in [5, 5.41) is 10.2. The topological polar surface area (TPSA) is 40.5 Å². The van der Waals surface area contributed by atoms with Crippen LogP contribution in [0, 0.1) is 5.82 Å². The van der Waals surface area contributed by atoms with Crippen LogP contribution in [0.3, 0.4) is 0 Å². The fourth-order valence-corrected chi connectivity index (χ4v) is 3.21. The van der Waals surface area contributed by atoms with Crippen molar-refractivity contribution in [3.63, 3.8) is 0 Å². The van der Waals surface area contributed by atoms with Crippen molar-refractivity contribution in [3.05, 3.63) is 35.0 Å². The van der Waals surface area contributed by atoms with E-state index in [4.69, 9.17) is 0 Å². The van der Waals surface area contributed by atoms with Crippen molar-refractivity contribution in [1.29, 1.82) is 0 Å². The van der Waals surface area contributed by atoms with Crippen molar-refractivity contribution in [3.8, 4) is 0 Å². The van der Waals surface area contributed by atoms with Crippen LogP contribution in [0.25, 0.3) is 10.1 Å². The van der Waals surface area contributed by atoms with Crippen LogP contribution in [-0.4, -0.2) is 35.1 Å². The molecule has 94 valence electrons. The number of likely N-dealkylation sites (tertiary alicyclic amines) is 1. The molecule has 18 heavy (non-hydrogen) atoms. The minimum absolute atomic E-state index is 0.0758. The second-order valence-electron chi connectivity index (χ2n) is 4.49. The minimum Gasteiger partial charge on any atom is -0.391 e. The fourth-order valence-electron chi connectivity index (χ4n) is 2.20. The highest BCUT2D eigenvalue weighted by atomic mass is 32.1. The van der Waals surface area contributed by atoms with Crippen molar-refractivity contribution < 1.29 is 14.3 Å². The Balaban J connectivity index is 1.92. The lowest BCUT2D eigenvalue weighted by Crippen LogP contribution is -2.28. The molecule has 2 aromatic rings. The second-order valence-corrected chi connectivity index (χ2v) is 5.57. The molecule has 3 nitrogen and oxygen atoms in total. The molecular weight excluding hydrogens is 253 g/mol. The number of halogens is 1. The van der Waals surface area contributed by atoms with Crippen molar-refractivity contribution in [2.45, 2.75) is 12.5 Å². The first-order valence-electron chi connectivity index (χ1n) is 5.80. The van der Waals surface area contributed by atoms with Gasteiger partial charge in [0.25, 0.3) is 5.91 Å². The van der Waals surface area contributed by atoms with E-state index < -0.39 is 6.10 Å². The van der Waals surface area contributed by atoms with Crippen LogP contribution in [0.4, 0.5) is 4.39 Å². The van der Waals surface area contributed by atoms with E-state index in [9.17, 15) is 14.3 Å². The van der Waals surface area contributed by atoms with Crippen molar-refractivity contribution >= 4 is 27.3 Å². The quantitative estimate of drug-likeness (QED) is 0.859. The molecule has 0 bridgehead atoms. The van der Waals surface area contributed by atoms with Gasteiger partial charge >= 0.3 is 0 Å². The van der Waals surface area contributed by atoms with E-state index in [0.717, 1.165) is 10.1 Å². The molecule has 0 saturated carbocycles. The largest absolute Gasteiger partial charge is 0.391 e. The van der Waals surface area contributed by atoms with Gasteiger partial charge in [-0.2, -0.15) is 0 Å². The maximum Gasteiger partial charge on any atom is 0.264 e. The highest BCUT2D eigenvalue weighted by Gasteiger charge is 2.26. The molecule has 1 amide bonds. The number of benzene rings is 1. The first kappa shape index (κ1) is 11.6. The Morgan fingerprint density at radius 3 is 3.00 bits per heavy atom. The molecule has 1 aliphatic heterocycles. The summed E-state index contributed by atoms with van der Waals surface area (Å²) in [5.41, 5.74) is 0. The molecule has 0 radical (unpaired) electrons. The summed E-state index contributed by atoms with van der Waals surface area (Å²) in [5.74, 6) is -0.371. The zero-order chi connectivity index (χ0) is 12.7. The first-order valence-corrected chi connectivity index (χ1v) is 6.61. The van der Waals surface area contributed by atoms with Crippen molar-refractivity contribution in [2.24, 2.45) is 0 Å². The lowest BCUT2D eigenvalue weighted by Gasteiger charge is -2.13. The van der Waals surface area contributed by atoms with E-state index in [2.05, 4.69) is 0 Å². The number of aliphatic hydroxyl groups is 1. The summed E-state index contributed by atoms with van der Waals surface area (Å²) in [4.78, 5) is 14.4. The molecule has 1 aromatic heterocycles. The molecular formula is C13H12FNO2S. The standard InChI is InChI=1S/C13H12FNO2S/c14-9-1-2-11-8(5-9)6-12(18-11)13(17)15-4-3-10(16)7-15/h1-2,5-6,10,16H,3-4,7H2/t10-/m1/s1. The van der Waals surface area contributed by atoms with Gasteiger partial charge in [0.2, 0.25) is 0 Å². The molecule has 0 spiro atoms. The zero-order valence-electron chi connectivity index (χ0n) is 9.60. The molecule has 0 unspecified atom stereocenters. The van der Waals surface area contributed by atoms with Crippen LogP contribution in [-0.2, 0) is 0 Å². The smallest absolute Gasteiger partial charge is 0.264 e. The number of thiophene rings is 1. The van der Waals surface area contributed by atoms with E-state index >= 15 is 0 Å². The van der Waals surface area contributed by atoms with Crippen LogP contribution < -0.4 is 0 Å². The van der Waals surface area contributed by atoms with Gasteiger partial charge in [0.05, 0.1) is 11.0 Å². The van der Waals surface area contributed by atoms with Gasteiger partial charge in [0, 0.05) is 17.8 Å². The van der Waals surface area contributed by atoms with E-state index in [1.807, 2.05) is 0 Å². The average Bonchev–Trinajstić information content (AvgIpc) is 2.93. The molecule has 1 N–H and O–H groups in total. The molecule has 1 aliphatic rings. The Bertz CT molecular complexity index is 610. The number of rotatable bonds is 1. The van der Waals surface area contributed by atoms with Crippen LogP contribution in [0.15, 0.2) is 24.3 Å². The van der Waals surface area contributed by atoms with Crippen LogP contribution >= 0.6 is 11.3 Å².